The standard InChI is InChI=1S/C18H12N2O2S/c19-13-4-6-15-17(9-13)23-18(20-15)12-3-1-2-11(8-12)16-7-5-14(10-21)22-16/h1-10H,19H2. The van der Waals surface area contributed by atoms with Crippen molar-refractivity contribution in [2.24, 2.45) is 0 Å². The van der Waals surface area contributed by atoms with Crippen LogP contribution in [0.1, 0.15) is 10.6 Å². The van der Waals surface area contributed by atoms with Crippen LogP contribution in [0.3, 0.4) is 0 Å². The molecule has 4 aromatic rings. The summed E-state index contributed by atoms with van der Waals surface area (Å²) in [6.45, 7) is 0. The van der Waals surface area contributed by atoms with Crippen molar-refractivity contribution < 1.29 is 9.21 Å². The van der Waals surface area contributed by atoms with E-state index in [1.807, 2.05) is 42.5 Å². The number of carbonyl (C=O) groups excluding carboxylic acids is 1. The van der Waals surface area contributed by atoms with Gasteiger partial charge in [-0.05, 0) is 36.4 Å². The number of nitrogen functional groups attached to an aromatic ring is 1. The van der Waals surface area contributed by atoms with Crippen molar-refractivity contribution in [1.82, 2.24) is 4.98 Å². The summed E-state index contributed by atoms with van der Waals surface area (Å²) >= 11 is 1.60. The molecule has 0 saturated heterocycles. The number of aromatic nitrogens is 1. The second-order valence-electron chi connectivity index (χ2n) is 5.15. The van der Waals surface area contributed by atoms with Crippen LogP contribution in [0.4, 0.5) is 5.69 Å². The first-order chi connectivity index (χ1) is 11.2. The number of rotatable bonds is 3. The fourth-order valence-electron chi connectivity index (χ4n) is 2.44. The van der Waals surface area contributed by atoms with E-state index in [9.17, 15) is 4.79 Å². The van der Waals surface area contributed by atoms with Gasteiger partial charge in [0.15, 0.2) is 12.0 Å². The summed E-state index contributed by atoms with van der Waals surface area (Å²) in [5.41, 5.74) is 9.41. The summed E-state index contributed by atoms with van der Waals surface area (Å²) in [5.74, 6) is 0.986. The maximum atomic E-state index is 10.8. The molecule has 2 aromatic heterocycles. The fourth-order valence-corrected chi connectivity index (χ4v) is 3.45. The van der Waals surface area contributed by atoms with Gasteiger partial charge >= 0.3 is 0 Å². The Morgan fingerprint density at radius 2 is 1.91 bits per heavy atom. The number of hydrogen-bond donors (Lipinski definition) is 1. The molecule has 0 amide bonds. The molecule has 112 valence electrons. The molecule has 0 aliphatic rings. The lowest BCUT2D eigenvalue weighted by molar-refractivity contribution is 0.110. The van der Waals surface area contributed by atoms with Gasteiger partial charge in [0.05, 0.1) is 10.2 Å². The monoisotopic (exact) mass is 320 g/mol. The van der Waals surface area contributed by atoms with Crippen molar-refractivity contribution in [3.8, 4) is 21.9 Å². The summed E-state index contributed by atoms with van der Waals surface area (Å²) in [4.78, 5) is 15.4. The molecule has 0 atom stereocenters. The lowest BCUT2D eigenvalue weighted by atomic mass is 10.1. The van der Waals surface area contributed by atoms with Gasteiger partial charge in [-0.25, -0.2) is 4.98 Å². The molecule has 4 rings (SSSR count). The number of anilines is 1. The van der Waals surface area contributed by atoms with Crippen LogP contribution >= 0.6 is 11.3 Å². The third kappa shape index (κ3) is 2.51. The number of carbonyl (C=O) groups is 1. The lowest BCUT2D eigenvalue weighted by Gasteiger charge is -2.00. The minimum atomic E-state index is 0.320. The van der Waals surface area contributed by atoms with Gasteiger partial charge in [0.25, 0.3) is 0 Å². The largest absolute Gasteiger partial charge is 0.453 e. The van der Waals surface area contributed by atoms with Crippen molar-refractivity contribution in [3.63, 3.8) is 0 Å². The smallest absolute Gasteiger partial charge is 0.185 e. The molecule has 2 aromatic carbocycles. The third-order valence-electron chi connectivity index (χ3n) is 3.55. The number of furan rings is 1. The molecule has 0 fully saturated rings. The number of thiazole rings is 1. The molecule has 2 heterocycles. The zero-order chi connectivity index (χ0) is 15.8. The van der Waals surface area contributed by atoms with Crippen molar-refractivity contribution >= 4 is 33.5 Å². The maximum Gasteiger partial charge on any atom is 0.185 e. The van der Waals surface area contributed by atoms with Crippen LogP contribution in [0.25, 0.3) is 32.1 Å². The van der Waals surface area contributed by atoms with E-state index in [4.69, 9.17) is 10.2 Å². The second-order valence-corrected chi connectivity index (χ2v) is 6.18. The predicted octanol–water partition coefficient (Wildman–Crippen LogP) is 4.62. The molecule has 0 aliphatic carbocycles. The van der Waals surface area contributed by atoms with E-state index < -0.39 is 0 Å². The number of hydrogen-bond acceptors (Lipinski definition) is 5. The Bertz CT molecular complexity index is 1020. The third-order valence-corrected chi connectivity index (χ3v) is 4.62. The second kappa shape index (κ2) is 5.37. The first-order valence-corrected chi connectivity index (χ1v) is 7.86. The SMILES string of the molecule is Nc1ccc2nc(-c3cccc(-c4ccc(C=O)o4)c3)sc2c1. The Morgan fingerprint density at radius 3 is 2.74 bits per heavy atom. The molecule has 0 bridgehead atoms. The number of benzene rings is 2. The van der Waals surface area contributed by atoms with Gasteiger partial charge in [-0.1, -0.05) is 18.2 Å². The van der Waals surface area contributed by atoms with Crippen LogP contribution < -0.4 is 5.73 Å². The number of nitrogens with zero attached hydrogens (tertiary/aromatic N) is 1. The normalized spacial score (nSPS) is 11.0. The average Bonchev–Trinajstić information content (AvgIpc) is 3.21. The molecule has 2 N–H and O–H groups in total. The molecule has 0 aliphatic heterocycles. The van der Waals surface area contributed by atoms with E-state index in [1.54, 1.807) is 23.5 Å². The molecule has 0 saturated carbocycles. The van der Waals surface area contributed by atoms with Gasteiger partial charge in [-0.15, -0.1) is 11.3 Å². The molecular weight excluding hydrogens is 308 g/mol. The highest BCUT2D eigenvalue weighted by atomic mass is 32.1. The highest BCUT2D eigenvalue weighted by Crippen LogP contribution is 2.33. The molecule has 4 nitrogen and oxygen atoms in total. The average molecular weight is 320 g/mol. The molecular formula is C18H12N2O2S. The Morgan fingerprint density at radius 1 is 1.04 bits per heavy atom. The van der Waals surface area contributed by atoms with Crippen LogP contribution in [0.2, 0.25) is 0 Å². The van der Waals surface area contributed by atoms with Gasteiger partial charge < -0.3 is 10.2 Å². The summed E-state index contributed by atoms with van der Waals surface area (Å²) in [6, 6.07) is 17.1. The molecule has 0 radical (unpaired) electrons. The van der Waals surface area contributed by atoms with Gasteiger partial charge in [-0.3, -0.25) is 4.79 Å². The van der Waals surface area contributed by atoms with Gasteiger partial charge in [0.2, 0.25) is 0 Å². The van der Waals surface area contributed by atoms with E-state index in [2.05, 4.69) is 4.98 Å². The number of fused-ring (bicyclic) bond motifs is 1. The quantitative estimate of drug-likeness (QED) is 0.442. The van der Waals surface area contributed by atoms with Gasteiger partial charge in [0.1, 0.15) is 10.8 Å². The minimum absolute atomic E-state index is 0.320. The molecule has 0 unspecified atom stereocenters. The van der Waals surface area contributed by atoms with Crippen molar-refractivity contribution in [2.75, 3.05) is 5.73 Å². The lowest BCUT2D eigenvalue weighted by Crippen LogP contribution is -1.81. The maximum absolute atomic E-state index is 10.8. The Balaban J connectivity index is 1.78. The first kappa shape index (κ1) is 13.7. The van der Waals surface area contributed by atoms with E-state index in [-0.39, 0.29) is 0 Å². The fraction of sp³-hybridized carbons (Fsp3) is 0. The van der Waals surface area contributed by atoms with E-state index in [0.29, 0.717) is 17.8 Å². The molecule has 0 spiro atoms. The summed E-state index contributed by atoms with van der Waals surface area (Å²) < 4.78 is 6.54. The minimum Gasteiger partial charge on any atom is -0.453 e. The van der Waals surface area contributed by atoms with Crippen molar-refractivity contribution in [1.29, 1.82) is 0 Å². The highest BCUT2D eigenvalue weighted by Gasteiger charge is 2.09. The topological polar surface area (TPSA) is 69.1 Å². The number of nitrogens with two attached hydrogens (primary N) is 1. The van der Waals surface area contributed by atoms with E-state index in [0.717, 1.165) is 32.0 Å². The predicted molar refractivity (Wildman–Crippen MR) is 92.6 cm³/mol. The van der Waals surface area contributed by atoms with Gasteiger partial charge in [0, 0.05) is 16.8 Å². The van der Waals surface area contributed by atoms with E-state index >= 15 is 0 Å². The van der Waals surface area contributed by atoms with Crippen LogP contribution in [0.5, 0.6) is 0 Å². The van der Waals surface area contributed by atoms with Crippen LogP contribution in [0, 0.1) is 0 Å². The molecule has 5 heteroatoms. The molecule has 23 heavy (non-hydrogen) atoms. The van der Waals surface area contributed by atoms with Crippen LogP contribution in [0.15, 0.2) is 59.0 Å². The summed E-state index contributed by atoms with van der Waals surface area (Å²) in [5, 5.41) is 0.926. The zero-order valence-corrected chi connectivity index (χ0v) is 12.8. The van der Waals surface area contributed by atoms with E-state index in [1.165, 1.54) is 0 Å². The van der Waals surface area contributed by atoms with Crippen molar-refractivity contribution in [2.45, 2.75) is 0 Å². The Labute approximate surface area is 136 Å². The van der Waals surface area contributed by atoms with Crippen LogP contribution in [-0.4, -0.2) is 11.3 Å². The highest BCUT2D eigenvalue weighted by molar-refractivity contribution is 7.21. The Hall–Kier alpha value is -2.92. The zero-order valence-electron chi connectivity index (χ0n) is 12.0. The summed E-state index contributed by atoms with van der Waals surface area (Å²) in [6.07, 6.45) is 0.700. The first-order valence-electron chi connectivity index (χ1n) is 7.05. The summed E-state index contributed by atoms with van der Waals surface area (Å²) in [7, 11) is 0. The van der Waals surface area contributed by atoms with Gasteiger partial charge in [-0.2, -0.15) is 0 Å². The number of aldehydes is 1. The van der Waals surface area contributed by atoms with Crippen molar-refractivity contribution in [3.05, 3.63) is 60.4 Å². The van der Waals surface area contributed by atoms with Crippen LogP contribution in [-0.2, 0) is 0 Å². The Kier molecular flexibility index (Phi) is 3.20.